The quantitative estimate of drug-likeness (QED) is 0.830. The zero-order valence-corrected chi connectivity index (χ0v) is 14.0. The molecule has 25 heavy (non-hydrogen) atoms. The topological polar surface area (TPSA) is 70.5 Å². The lowest BCUT2D eigenvalue weighted by Crippen LogP contribution is -2.47. The maximum Gasteiger partial charge on any atom is 0.267 e. The second-order valence-electron chi connectivity index (χ2n) is 5.96. The zero-order valence-electron chi connectivity index (χ0n) is 13.3. The standard InChI is InChI=1S/C18H16ClFN2O3/c19-13-9-12(10-14(20)11-13)4-5-15(23)18(25)6-8-22(17(18)24)16-3-1-2-7-21-16/h1-3,7,9-11,25H,4-6,8H2/t18-/m1/s1. The molecule has 1 aliphatic heterocycles. The van der Waals surface area contributed by atoms with Crippen molar-refractivity contribution in [2.75, 3.05) is 11.4 Å². The summed E-state index contributed by atoms with van der Waals surface area (Å²) in [5, 5.41) is 10.8. The highest BCUT2D eigenvalue weighted by atomic mass is 35.5. The zero-order chi connectivity index (χ0) is 18.0. The van der Waals surface area contributed by atoms with Crippen LogP contribution in [0.25, 0.3) is 0 Å². The van der Waals surface area contributed by atoms with Gasteiger partial charge in [-0.1, -0.05) is 17.7 Å². The molecule has 0 aliphatic carbocycles. The van der Waals surface area contributed by atoms with Crippen LogP contribution in [0.1, 0.15) is 18.4 Å². The first-order valence-electron chi connectivity index (χ1n) is 7.84. The van der Waals surface area contributed by atoms with Gasteiger partial charge in [0.05, 0.1) is 0 Å². The minimum atomic E-state index is -2.06. The van der Waals surface area contributed by atoms with Gasteiger partial charge >= 0.3 is 0 Å². The summed E-state index contributed by atoms with van der Waals surface area (Å²) in [5.74, 6) is -1.36. The van der Waals surface area contributed by atoms with E-state index in [0.29, 0.717) is 11.4 Å². The fourth-order valence-electron chi connectivity index (χ4n) is 2.92. The highest BCUT2D eigenvalue weighted by molar-refractivity contribution is 6.30. The van der Waals surface area contributed by atoms with E-state index < -0.39 is 23.1 Å². The van der Waals surface area contributed by atoms with Gasteiger partial charge in [-0.05, 0) is 42.3 Å². The number of amides is 1. The summed E-state index contributed by atoms with van der Waals surface area (Å²) in [6, 6.07) is 9.08. The van der Waals surface area contributed by atoms with Gasteiger partial charge in [-0.2, -0.15) is 0 Å². The van der Waals surface area contributed by atoms with Crippen molar-refractivity contribution in [1.82, 2.24) is 4.98 Å². The van der Waals surface area contributed by atoms with Gasteiger partial charge in [0.2, 0.25) is 5.60 Å². The Labute approximate surface area is 149 Å². The molecule has 2 aromatic rings. The smallest absolute Gasteiger partial charge is 0.267 e. The Morgan fingerprint density at radius 1 is 1.36 bits per heavy atom. The number of hydrogen-bond donors (Lipinski definition) is 1. The van der Waals surface area contributed by atoms with E-state index >= 15 is 0 Å². The molecule has 1 aromatic heterocycles. The third-order valence-electron chi connectivity index (χ3n) is 4.25. The Balaban J connectivity index is 1.70. The van der Waals surface area contributed by atoms with E-state index in [1.807, 2.05) is 0 Å². The van der Waals surface area contributed by atoms with Crippen LogP contribution in [0.5, 0.6) is 0 Å². The van der Waals surface area contributed by atoms with E-state index in [1.54, 1.807) is 24.3 Å². The molecule has 1 N–H and O–H groups in total. The molecule has 3 rings (SSSR count). The average molecular weight is 363 g/mol. The van der Waals surface area contributed by atoms with Gasteiger partial charge in [-0.25, -0.2) is 9.37 Å². The Kier molecular flexibility index (Phi) is 4.83. The van der Waals surface area contributed by atoms with Gasteiger partial charge < -0.3 is 5.11 Å². The summed E-state index contributed by atoms with van der Waals surface area (Å²) >= 11 is 5.79. The van der Waals surface area contributed by atoms with Gasteiger partial charge in [0.1, 0.15) is 11.6 Å². The molecule has 0 saturated carbocycles. The Bertz CT molecular complexity index is 795. The molecule has 1 atom stereocenters. The minimum absolute atomic E-state index is 0.00511. The lowest BCUT2D eigenvalue weighted by Gasteiger charge is -2.20. The van der Waals surface area contributed by atoms with Gasteiger partial charge in [-0.3, -0.25) is 14.5 Å². The van der Waals surface area contributed by atoms with Crippen LogP contribution in [0, 0.1) is 5.82 Å². The lowest BCUT2D eigenvalue weighted by molar-refractivity contribution is -0.147. The molecule has 130 valence electrons. The van der Waals surface area contributed by atoms with Crippen LogP contribution in [-0.4, -0.2) is 33.9 Å². The fourth-order valence-corrected chi connectivity index (χ4v) is 3.16. The third-order valence-corrected chi connectivity index (χ3v) is 4.46. The molecule has 1 aliphatic rings. The molecular weight excluding hydrogens is 347 g/mol. The normalized spacial score (nSPS) is 20.1. The Morgan fingerprint density at radius 3 is 2.84 bits per heavy atom. The molecule has 1 aromatic carbocycles. The summed E-state index contributed by atoms with van der Waals surface area (Å²) in [4.78, 5) is 30.4. The molecular formula is C18H16ClFN2O3. The number of Topliss-reactive ketones (excluding diaryl/α,β-unsaturated/α-hetero) is 1. The Hall–Kier alpha value is -2.31. The maximum atomic E-state index is 13.3. The molecule has 7 heteroatoms. The molecule has 1 fully saturated rings. The molecule has 0 unspecified atom stereocenters. The van der Waals surface area contributed by atoms with Crippen molar-refractivity contribution >= 4 is 29.1 Å². The fraction of sp³-hybridized carbons (Fsp3) is 0.278. The van der Waals surface area contributed by atoms with Gasteiger partial charge in [0.15, 0.2) is 5.78 Å². The number of rotatable bonds is 5. The van der Waals surface area contributed by atoms with Crippen LogP contribution in [0.15, 0.2) is 42.6 Å². The number of aromatic nitrogens is 1. The molecule has 0 bridgehead atoms. The first-order valence-corrected chi connectivity index (χ1v) is 8.21. The number of pyridine rings is 1. The number of nitrogens with zero attached hydrogens (tertiary/aromatic N) is 2. The first-order chi connectivity index (χ1) is 11.9. The third kappa shape index (κ3) is 3.55. The van der Waals surface area contributed by atoms with Crippen molar-refractivity contribution in [2.45, 2.75) is 24.9 Å². The lowest BCUT2D eigenvalue weighted by atomic mass is 9.92. The van der Waals surface area contributed by atoms with Crippen molar-refractivity contribution < 1.29 is 19.1 Å². The van der Waals surface area contributed by atoms with Crippen molar-refractivity contribution in [2.24, 2.45) is 0 Å². The highest BCUT2D eigenvalue weighted by Gasteiger charge is 2.51. The highest BCUT2D eigenvalue weighted by Crippen LogP contribution is 2.29. The largest absolute Gasteiger partial charge is 0.373 e. The maximum absolute atomic E-state index is 13.3. The molecule has 5 nitrogen and oxygen atoms in total. The second-order valence-corrected chi connectivity index (χ2v) is 6.39. The summed E-state index contributed by atoms with van der Waals surface area (Å²) in [6.07, 6.45) is 1.65. The van der Waals surface area contributed by atoms with Gasteiger partial charge in [-0.15, -0.1) is 0 Å². The SMILES string of the molecule is O=C(CCc1cc(F)cc(Cl)c1)[C@]1(O)CCN(c2ccccn2)C1=O. The average Bonchev–Trinajstić information content (AvgIpc) is 2.89. The number of anilines is 1. The number of aryl methyl sites for hydroxylation is 1. The summed E-state index contributed by atoms with van der Waals surface area (Å²) in [7, 11) is 0. The van der Waals surface area contributed by atoms with Crippen LogP contribution < -0.4 is 4.90 Å². The van der Waals surface area contributed by atoms with Gasteiger partial charge in [0.25, 0.3) is 5.91 Å². The molecule has 1 saturated heterocycles. The van der Waals surface area contributed by atoms with Crippen LogP contribution in [0.4, 0.5) is 10.2 Å². The van der Waals surface area contributed by atoms with E-state index in [0.717, 1.165) is 0 Å². The number of aliphatic hydroxyl groups is 1. The number of carbonyl (C=O) groups is 2. The number of hydrogen-bond acceptors (Lipinski definition) is 4. The van der Waals surface area contributed by atoms with E-state index in [-0.39, 0.29) is 30.8 Å². The van der Waals surface area contributed by atoms with Crippen molar-refractivity contribution in [1.29, 1.82) is 0 Å². The van der Waals surface area contributed by atoms with Crippen LogP contribution in [0.3, 0.4) is 0 Å². The summed E-state index contributed by atoms with van der Waals surface area (Å²) in [6.45, 7) is 0.212. The molecule has 2 heterocycles. The van der Waals surface area contributed by atoms with E-state index in [2.05, 4.69) is 4.98 Å². The van der Waals surface area contributed by atoms with Crippen molar-refractivity contribution in [3.05, 3.63) is 59.0 Å². The monoisotopic (exact) mass is 362 g/mol. The Morgan fingerprint density at radius 2 is 2.16 bits per heavy atom. The van der Waals surface area contributed by atoms with Crippen LogP contribution in [-0.2, 0) is 16.0 Å². The number of halogens is 2. The van der Waals surface area contributed by atoms with Gasteiger partial charge in [0, 0.05) is 30.6 Å². The minimum Gasteiger partial charge on any atom is -0.373 e. The number of carbonyl (C=O) groups excluding carboxylic acids is 2. The van der Waals surface area contributed by atoms with Crippen LogP contribution >= 0.6 is 11.6 Å². The predicted octanol–water partition coefficient (Wildman–Crippen LogP) is 2.54. The second kappa shape index (κ2) is 6.90. The molecule has 1 amide bonds. The number of ketones is 1. The predicted molar refractivity (Wildman–Crippen MR) is 90.9 cm³/mol. The van der Waals surface area contributed by atoms with E-state index in [4.69, 9.17) is 11.6 Å². The van der Waals surface area contributed by atoms with E-state index in [1.165, 1.54) is 23.2 Å². The summed E-state index contributed by atoms with van der Waals surface area (Å²) in [5.41, 5.74) is -1.52. The van der Waals surface area contributed by atoms with Crippen molar-refractivity contribution in [3.8, 4) is 0 Å². The molecule has 0 radical (unpaired) electrons. The number of benzene rings is 1. The van der Waals surface area contributed by atoms with Crippen LogP contribution in [0.2, 0.25) is 5.02 Å². The first kappa shape index (κ1) is 17.5. The molecule has 0 spiro atoms. The summed E-state index contributed by atoms with van der Waals surface area (Å²) < 4.78 is 13.3. The van der Waals surface area contributed by atoms with E-state index in [9.17, 15) is 19.1 Å². The van der Waals surface area contributed by atoms with Crippen molar-refractivity contribution in [3.63, 3.8) is 0 Å².